The van der Waals surface area contributed by atoms with Crippen molar-refractivity contribution in [2.45, 2.75) is 9.96 Å². The van der Waals surface area contributed by atoms with E-state index >= 15 is 0 Å². The molecule has 0 bridgehead atoms. The summed E-state index contributed by atoms with van der Waals surface area (Å²) in [6.45, 7) is 0. The Morgan fingerprint density at radius 1 is 0.870 bits per heavy atom. The van der Waals surface area contributed by atoms with Crippen molar-refractivity contribution in [1.82, 2.24) is 9.97 Å². The molecule has 5 heteroatoms. The summed E-state index contributed by atoms with van der Waals surface area (Å²) in [6.07, 6.45) is 3.43. The number of hydrogen-bond acceptors (Lipinski definition) is 3. The molecule has 0 amide bonds. The SMILES string of the molecule is Fc1ccc(CSC(Cl)(c2ccccn2)c2ccccn2)cc1. The van der Waals surface area contributed by atoms with E-state index in [0.29, 0.717) is 5.75 Å². The van der Waals surface area contributed by atoms with Crippen LogP contribution in [0.5, 0.6) is 0 Å². The molecule has 0 aliphatic heterocycles. The number of rotatable bonds is 5. The third kappa shape index (κ3) is 3.71. The van der Waals surface area contributed by atoms with Gasteiger partial charge in [-0.15, -0.1) is 11.8 Å². The van der Waals surface area contributed by atoms with Crippen LogP contribution in [-0.2, 0) is 9.96 Å². The zero-order valence-electron chi connectivity index (χ0n) is 12.2. The Morgan fingerprint density at radius 3 is 1.91 bits per heavy atom. The fourth-order valence-electron chi connectivity index (χ4n) is 2.15. The van der Waals surface area contributed by atoms with E-state index in [4.69, 9.17) is 11.6 Å². The summed E-state index contributed by atoms with van der Waals surface area (Å²) in [6, 6.07) is 17.7. The van der Waals surface area contributed by atoms with Crippen LogP contribution in [0.3, 0.4) is 0 Å². The molecule has 0 fully saturated rings. The second-order valence-electron chi connectivity index (χ2n) is 4.94. The summed E-state index contributed by atoms with van der Waals surface area (Å²) < 4.78 is 12.1. The summed E-state index contributed by atoms with van der Waals surface area (Å²) in [7, 11) is 0. The van der Waals surface area contributed by atoms with Gasteiger partial charge in [0.15, 0.2) is 4.21 Å². The molecule has 3 aromatic rings. The minimum Gasteiger partial charge on any atom is -0.258 e. The Labute approximate surface area is 143 Å². The first-order valence-corrected chi connectivity index (χ1v) is 8.45. The second-order valence-corrected chi connectivity index (χ2v) is 6.92. The third-order valence-electron chi connectivity index (χ3n) is 3.34. The minimum absolute atomic E-state index is 0.245. The first-order valence-electron chi connectivity index (χ1n) is 7.09. The highest BCUT2D eigenvalue weighted by Crippen LogP contribution is 2.46. The van der Waals surface area contributed by atoms with Gasteiger partial charge in [0.1, 0.15) is 5.82 Å². The maximum Gasteiger partial charge on any atom is 0.174 e. The molecule has 3 rings (SSSR count). The molecule has 0 spiro atoms. The van der Waals surface area contributed by atoms with Crippen molar-refractivity contribution in [3.63, 3.8) is 0 Å². The molecule has 0 aliphatic rings. The Hall–Kier alpha value is -1.91. The van der Waals surface area contributed by atoms with Crippen molar-refractivity contribution in [3.05, 3.63) is 95.8 Å². The Morgan fingerprint density at radius 2 is 1.43 bits per heavy atom. The highest BCUT2D eigenvalue weighted by atomic mass is 35.5. The number of aromatic nitrogens is 2. The van der Waals surface area contributed by atoms with Crippen molar-refractivity contribution in [1.29, 1.82) is 0 Å². The van der Waals surface area contributed by atoms with Gasteiger partial charge in [-0.1, -0.05) is 35.9 Å². The predicted molar refractivity (Wildman–Crippen MR) is 92.8 cm³/mol. The van der Waals surface area contributed by atoms with Crippen LogP contribution in [0, 0.1) is 5.82 Å². The van der Waals surface area contributed by atoms with E-state index in [9.17, 15) is 4.39 Å². The highest BCUT2D eigenvalue weighted by Gasteiger charge is 2.35. The predicted octanol–water partition coefficient (Wildman–Crippen LogP) is 4.99. The largest absolute Gasteiger partial charge is 0.258 e. The van der Waals surface area contributed by atoms with Crippen molar-refractivity contribution in [2.24, 2.45) is 0 Å². The zero-order valence-corrected chi connectivity index (χ0v) is 13.8. The molecule has 0 N–H and O–H groups in total. The molecular weight excluding hydrogens is 331 g/mol. The lowest BCUT2D eigenvalue weighted by Gasteiger charge is -2.25. The van der Waals surface area contributed by atoms with E-state index in [1.165, 1.54) is 23.9 Å². The van der Waals surface area contributed by atoms with Gasteiger partial charge < -0.3 is 0 Å². The van der Waals surface area contributed by atoms with Crippen molar-refractivity contribution in [3.8, 4) is 0 Å². The lowest BCUT2D eigenvalue weighted by Crippen LogP contribution is -2.19. The maximum atomic E-state index is 13.0. The van der Waals surface area contributed by atoms with Crippen molar-refractivity contribution in [2.75, 3.05) is 0 Å². The van der Waals surface area contributed by atoms with Gasteiger partial charge in [0.25, 0.3) is 0 Å². The molecular formula is C18H14ClFN2S. The smallest absolute Gasteiger partial charge is 0.174 e. The summed E-state index contributed by atoms with van der Waals surface area (Å²) in [4.78, 5) is 8.80. The lowest BCUT2D eigenvalue weighted by molar-refractivity contribution is 0.627. The van der Waals surface area contributed by atoms with Crippen LogP contribution in [0.25, 0.3) is 0 Å². The van der Waals surface area contributed by atoms with Gasteiger partial charge in [0.05, 0.1) is 11.4 Å². The molecule has 116 valence electrons. The number of thioether (sulfide) groups is 1. The summed E-state index contributed by atoms with van der Waals surface area (Å²) in [5.74, 6) is 0.377. The molecule has 0 aliphatic carbocycles. The van der Waals surface area contributed by atoms with E-state index in [1.807, 2.05) is 36.4 Å². The lowest BCUT2D eigenvalue weighted by atomic mass is 10.2. The minimum atomic E-state index is -0.892. The summed E-state index contributed by atoms with van der Waals surface area (Å²) >= 11 is 8.44. The average Bonchev–Trinajstić information content (AvgIpc) is 2.62. The summed E-state index contributed by atoms with van der Waals surface area (Å²) in [5, 5.41) is 0. The van der Waals surface area contributed by atoms with E-state index in [1.54, 1.807) is 24.5 Å². The number of halogens is 2. The Kier molecular flexibility index (Phi) is 4.94. The molecule has 1 aromatic carbocycles. The van der Waals surface area contributed by atoms with E-state index in [2.05, 4.69) is 9.97 Å². The molecule has 0 saturated heterocycles. The molecule has 23 heavy (non-hydrogen) atoms. The summed E-state index contributed by atoms with van der Waals surface area (Å²) in [5.41, 5.74) is 2.45. The van der Waals surface area contributed by atoms with E-state index < -0.39 is 4.21 Å². The van der Waals surface area contributed by atoms with Gasteiger partial charge in [0, 0.05) is 18.1 Å². The van der Waals surface area contributed by atoms with Gasteiger partial charge in [-0.3, -0.25) is 9.97 Å². The van der Waals surface area contributed by atoms with Crippen LogP contribution >= 0.6 is 23.4 Å². The topological polar surface area (TPSA) is 25.8 Å². The Balaban J connectivity index is 1.91. The van der Waals surface area contributed by atoms with Crippen LogP contribution < -0.4 is 0 Å². The van der Waals surface area contributed by atoms with E-state index in [0.717, 1.165) is 17.0 Å². The average molecular weight is 345 g/mol. The van der Waals surface area contributed by atoms with Gasteiger partial charge in [0.2, 0.25) is 0 Å². The monoisotopic (exact) mass is 344 g/mol. The number of hydrogen-bond donors (Lipinski definition) is 0. The maximum absolute atomic E-state index is 13.0. The molecule has 2 nitrogen and oxygen atoms in total. The molecule has 2 heterocycles. The van der Waals surface area contributed by atoms with Gasteiger partial charge in [-0.05, 0) is 42.0 Å². The van der Waals surface area contributed by atoms with Crippen LogP contribution in [0.1, 0.15) is 17.0 Å². The molecule has 2 aromatic heterocycles. The van der Waals surface area contributed by atoms with Gasteiger partial charge >= 0.3 is 0 Å². The fraction of sp³-hybridized carbons (Fsp3) is 0.111. The van der Waals surface area contributed by atoms with Crippen molar-refractivity contribution >= 4 is 23.4 Å². The normalized spacial score (nSPS) is 11.4. The van der Waals surface area contributed by atoms with Crippen LogP contribution in [0.2, 0.25) is 0 Å². The van der Waals surface area contributed by atoms with Gasteiger partial charge in [-0.25, -0.2) is 4.39 Å². The number of benzene rings is 1. The molecule has 0 saturated carbocycles. The second kappa shape index (κ2) is 7.11. The Bertz CT molecular complexity index is 711. The number of alkyl halides is 1. The van der Waals surface area contributed by atoms with Crippen molar-refractivity contribution < 1.29 is 4.39 Å². The molecule has 0 unspecified atom stereocenters. The molecule has 0 atom stereocenters. The van der Waals surface area contributed by atoms with Crippen LogP contribution in [0.4, 0.5) is 4.39 Å². The number of nitrogens with zero attached hydrogens (tertiary/aromatic N) is 2. The van der Waals surface area contributed by atoms with Crippen LogP contribution in [0.15, 0.2) is 73.1 Å². The van der Waals surface area contributed by atoms with Crippen LogP contribution in [-0.4, -0.2) is 9.97 Å². The van der Waals surface area contributed by atoms with E-state index in [-0.39, 0.29) is 5.82 Å². The first-order chi connectivity index (χ1) is 11.2. The highest BCUT2D eigenvalue weighted by molar-refractivity contribution is 8.00. The fourth-order valence-corrected chi connectivity index (χ4v) is 3.63. The number of pyridine rings is 2. The first kappa shape index (κ1) is 16.0. The zero-order chi connectivity index (χ0) is 16.1. The van der Waals surface area contributed by atoms with Gasteiger partial charge in [-0.2, -0.15) is 0 Å². The third-order valence-corrected chi connectivity index (χ3v) is 5.35. The molecule has 0 radical (unpaired) electrons. The standard InChI is InChI=1S/C18H14ClFN2S/c19-18(16-5-1-3-11-21-16,17-6-2-4-12-22-17)23-13-14-7-9-15(20)10-8-14/h1-12H,13H2. The quantitative estimate of drug-likeness (QED) is 0.610.